The molecule has 7 nitrogen and oxygen atoms in total. The molecule has 2 fully saturated rings. The Hall–Kier alpha value is -3.58. The first-order valence-electron chi connectivity index (χ1n) is 11.6. The molecule has 0 spiro atoms. The maximum Gasteiger partial charge on any atom is 0.276 e. The summed E-state index contributed by atoms with van der Waals surface area (Å²) < 4.78 is 1.86. The van der Waals surface area contributed by atoms with Crippen molar-refractivity contribution < 1.29 is 4.79 Å². The van der Waals surface area contributed by atoms with Gasteiger partial charge in [0.15, 0.2) is 5.69 Å². The summed E-state index contributed by atoms with van der Waals surface area (Å²) in [6.45, 7) is 3.90. The first-order valence-corrected chi connectivity index (χ1v) is 11.6. The molecule has 1 saturated carbocycles. The van der Waals surface area contributed by atoms with E-state index in [-0.39, 0.29) is 5.91 Å². The van der Waals surface area contributed by atoms with Crippen molar-refractivity contribution in [1.29, 1.82) is 0 Å². The third-order valence-electron chi connectivity index (χ3n) is 6.64. The zero-order valence-corrected chi connectivity index (χ0v) is 18.5. The minimum Gasteiger partial charge on any atom is -0.335 e. The third-order valence-corrected chi connectivity index (χ3v) is 6.64. The summed E-state index contributed by atoms with van der Waals surface area (Å²) in [7, 11) is 0. The van der Waals surface area contributed by atoms with Crippen LogP contribution in [0.1, 0.15) is 40.5 Å². The summed E-state index contributed by atoms with van der Waals surface area (Å²) in [5.74, 6) is 0.380. The normalized spacial score (nSPS) is 16.9. The molecular weight excluding hydrogens is 412 g/mol. The third kappa shape index (κ3) is 3.89. The van der Waals surface area contributed by atoms with Crippen molar-refractivity contribution in [3.8, 4) is 5.69 Å². The van der Waals surface area contributed by atoms with E-state index in [9.17, 15) is 4.79 Å². The average Bonchev–Trinajstić information content (AvgIpc) is 3.62. The topological polar surface area (TPSA) is 67.2 Å². The number of benzene rings is 2. The van der Waals surface area contributed by atoms with E-state index in [2.05, 4.69) is 44.5 Å². The largest absolute Gasteiger partial charge is 0.335 e. The number of fused-ring (bicyclic) bond motifs is 1. The van der Waals surface area contributed by atoms with Gasteiger partial charge in [-0.1, -0.05) is 47.7 Å². The number of hydrogen-bond acceptors (Lipinski definition) is 5. The molecule has 0 bridgehead atoms. The molecule has 0 unspecified atom stereocenters. The summed E-state index contributed by atoms with van der Waals surface area (Å²) in [6, 6.07) is 20.4. The van der Waals surface area contributed by atoms with Gasteiger partial charge in [-0.2, -0.15) is 0 Å². The van der Waals surface area contributed by atoms with Crippen molar-refractivity contribution in [3.63, 3.8) is 0 Å². The van der Waals surface area contributed by atoms with E-state index >= 15 is 0 Å². The maximum absolute atomic E-state index is 13.4. The fraction of sp³-hybridized carbons (Fsp3) is 0.308. The highest BCUT2D eigenvalue weighted by Crippen LogP contribution is 2.42. The molecule has 0 N–H and O–H groups in total. The standard InChI is InChI=1S/C26H26N6O/c33-26(24-25(20-11-12-20)32(29-28-24)22-9-2-1-3-10-22)31-16-14-30(15-17-31)18-21-7-4-6-19-8-5-13-27-23(19)21/h1-10,13,20H,11-12,14-18H2. The van der Waals surface area contributed by atoms with Crippen LogP contribution in [0.5, 0.6) is 0 Å². The molecule has 166 valence electrons. The van der Waals surface area contributed by atoms with Crippen LogP contribution in [0.15, 0.2) is 66.9 Å². The molecular formula is C26H26N6O. The van der Waals surface area contributed by atoms with Gasteiger partial charge in [0.25, 0.3) is 5.91 Å². The van der Waals surface area contributed by atoms with Crippen LogP contribution in [0.25, 0.3) is 16.6 Å². The van der Waals surface area contributed by atoms with Crippen molar-refractivity contribution in [2.24, 2.45) is 0 Å². The number of hydrogen-bond donors (Lipinski definition) is 0. The fourth-order valence-electron chi connectivity index (χ4n) is 4.72. The lowest BCUT2D eigenvalue weighted by Gasteiger charge is -2.34. The molecule has 6 rings (SSSR count). The quantitative estimate of drug-likeness (QED) is 0.476. The Bertz CT molecular complexity index is 1280. The molecule has 1 aliphatic carbocycles. The molecule has 3 heterocycles. The summed E-state index contributed by atoms with van der Waals surface area (Å²) in [6.07, 6.45) is 4.03. The Morgan fingerprint density at radius 3 is 2.48 bits per heavy atom. The number of amides is 1. The SMILES string of the molecule is O=C(c1nnn(-c2ccccc2)c1C1CC1)N1CCN(Cc2cccc3cccnc23)CC1. The molecule has 33 heavy (non-hydrogen) atoms. The lowest BCUT2D eigenvalue weighted by atomic mass is 10.1. The molecule has 1 saturated heterocycles. The number of carbonyl (C=O) groups is 1. The number of nitrogens with zero attached hydrogens (tertiary/aromatic N) is 6. The second-order valence-corrected chi connectivity index (χ2v) is 8.91. The van der Waals surface area contributed by atoms with Crippen LogP contribution in [0.4, 0.5) is 0 Å². The maximum atomic E-state index is 13.4. The van der Waals surface area contributed by atoms with E-state index in [1.807, 2.05) is 52.2 Å². The van der Waals surface area contributed by atoms with Gasteiger partial charge in [0.2, 0.25) is 0 Å². The van der Waals surface area contributed by atoms with Crippen LogP contribution in [0.3, 0.4) is 0 Å². The Morgan fingerprint density at radius 2 is 1.70 bits per heavy atom. The van der Waals surface area contributed by atoms with Gasteiger partial charge in [-0.3, -0.25) is 14.7 Å². The van der Waals surface area contributed by atoms with Crippen molar-refractivity contribution in [2.75, 3.05) is 26.2 Å². The van der Waals surface area contributed by atoms with Gasteiger partial charge in [0, 0.05) is 50.2 Å². The highest BCUT2D eigenvalue weighted by Gasteiger charge is 2.36. The van der Waals surface area contributed by atoms with Gasteiger partial charge >= 0.3 is 0 Å². The smallest absolute Gasteiger partial charge is 0.276 e. The van der Waals surface area contributed by atoms with Crippen molar-refractivity contribution in [1.82, 2.24) is 29.8 Å². The molecule has 2 aromatic carbocycles. The van der Waals surface area contributed by atoms with Crippen molar-refractivity contribution >= 4 is 16.8 Å². The van der Waals surface area contributed by atoms with Crippen molar-refractivity contribution in [2.45, 2.75) is 25.3 Å². The predicted octanol–water partition coefficient (Wildman–Crippen LogP) is 3.65. The highest BCUT2D eigenvalue weighted by molar-refractivity contribution is 5.94. The minimum atomic E-state index is 0.00515. The molecule has 2 aliphatic rings. The van der Waals surface area contributed by atoms with Gasteiger partial charge in [0.05, 0.1) is 16.9 Å². The highest BCUT2D eigenvalue weighted by atomic mass is 16.2. The first-order chi connectivity index (χ1) is 16.3. The number of pyridine rings is 1. The average molecular weight is 439 g/mol. The fourth-order valence-corrected chi connectivity index (χ4v) is 4.72. The number of carbonyl (C=O) groups excluding carboxylic acids is 1. The Balaban J connectivity index is 1.17. The van der Waals surface area contributed by atoms with Gasteiger partial charge < -0.3 is 4.90 Å². The molecule has 0 atom stereocenters. The van der Waals surface area contributed by atoms with E-state index in [4.69, 9.17) is 0 Å². The summed E-state index contributed by atoms with van der Waals surface area (Å²) in [5, 5.41) is 9.88. The Morgan fingerprint density at radius 1 is 0.909 bits per heavy atom. The lowest BCUT2D eigenvalue weighted by Crippen LogP contribution is -2.48. The van der Waals surface area contributed by atoms with Crippen LogP contribution in [0, 0.1) is 0 Å². The second kappa shape index (κ2) is 8.41. The summed E-state index contributed by atoms with van der Waals surface area (Å²) >= 11 is 0. The molecule has 2 aromatic heterocycles. The van der Waals surface area contributed by atoms with E-state index in [0.29, 0.717) is 24.7 Å². The van der Waals surface area contributed by atoms with E-state index < -0.39 is 0 Å². The first kappa shape index (κ1) is 20.1. The summed E-state index contributed by atoms with van der Waals surface area (Å²) in [5.41, 5.74) is 4.74. The van der Waals surface area contributed by atoms with Crippen LogP contribution >= 0.6 is 0 Å². The van der Waals surface area contributed by atoms with Gasteiger partial charge in [-0.25, -0.2) is 4.68 Å². The minimum absolute atomic E-state index is 0.00515. The molecule has 1 aliphatic heterocycles. The molecule has 1 amide bonds. The molecule has 4 aromatic rings. The predicted molar refractivity (Wildman–Crippen MR) is 126 cm³/mol. The Labute approximate surface area is 192 Å². The number of rotatable bonds is 5. The van der Waals surface area contributed by atoms with E-state index in [0.717, 1.165) is 54.8 Å². The van der Waals surface area contributed by atoms with Gasteiger partial charge in [-0.05, 0) is 36.6 Å². The summed E-state index contributed by atoms with van der Waals surface area (Å²) in [4.78, 5) is 22.3. The van der Waals surface area contributed by atoms with Crippen LogP contribution in [-0.4, -0.2) is 61.9 Å². The van der Waals surface area contributed by atoms with E-state index in [1.54, 1.807) is 0 Å². The Kier molecular flexibility index (Phi) is 5.11. The van der Waals surface area contributed by atoms with Crippen LogP contribution in [-0.2, 0) is 6.54 Å². The van der Waals surface area contributed by atoms with Crippen molar-refractivity contribution in [3.05, 3.63) is 83.8 Å². The van der Waals surface area contributed by atoms with Crippen LogP contribution in [0.2, 0.25) is 0 Å². The van der Waals surface area contributed by atoms with Crippen LogP contribution < -0.4 is 0 Å². The number of piperazine rings is 1. The zero-order valence-electron chi connectivity index (χ0n) is 18.5. The molecule has 0 radical (unpaired) electrons. The second-order valence-electron chi connectivity index (χ2n) is 8.91. The van der Waals surface area contributed by atoms with E-state index in [1.165, 1.54) is 5.56 Å². The van der Waals surface area contributed by atoms with Gasteiger partial charge in [-0.15, -0.1) is 5.10 Å². The lowest BCUT2D eigenvalue weighted by molar-refractivity contribution is 0.0622. The number of para-hydroxylation sites is 2. The number of aromatic nitrogens is 4. The zero-order chi connectivity index (χ0) is 22.2. The molecule has 7 heteroatoms. The van der Waals surface area contributed by atoms with Gasteiger partial charge in [0.1, 0.15) is 0 Å². The monoisotopic (exact) mass is 438 g/mol.